The molecule has 0 bridgehead atoms. The molecule has 1 N–H and O–H groups in total. The van der Waals surface area contributed by atoms with Gasteiger partial charge in [-0.3, -0.25) is 5.32 Å². The molecule has 3 nitrogen and oxygen atoms in total. The molecule has 0 aliphatic rings. The van der Waals surface area contributed by atoms with Gasteiger partial charge in [-0.05, 0) is 44.9 Å². The lowest BCUT2D eigenvalue weighted by atomic mass is 9.91. The van der Waals surface area contributed by atoms with Gasteiger partial charge < -0.3 is 4.74 Å². The number of rotatable bonds is 9. The predicted molar refractivity (Wildman–Crippen MR) is 81.0 cm³/mol. The molecule has 0 amide bonds. The number of ether oxygens (including phenoxy) is 1. The molecule has 0 saturated heterocycles. The Hall–Kier alpha value is -0.590. The van der Waals surface area contributed by atoms with Crippen molar-refractivity contribution in [2.75, 3.05) is 13.2 Å². The Kier molecular flexibility index (Phi) is 8.29. The van der Waals surface area contributed by atoms with Gasteiger partial charge in [0.25, 0.3) is 0 Å². The number of nitrogens with zero attached hydrogens (tertiary/aromatic N) is 1. The van der Waals surface area contributed by atoms with Crippen LogP contribution in [0.25, 0.3) is 0 Å². The minimum Gasteiger partial charge on any atom is -0.381 e. The molecular formula is C16H32N2O. The van der Waals surface area contributed by atoms with Crippen molar-refractivity contribution in [3.63, 3.8) is 0 Å². The maximum atomic E-state index is 9.38. The van der Waals surface area contributed by atoms with E-state index in [-0.39, 0.29) is 5.54 Å². The highest BCUT2D eigenvalue weighted by Gasteiger charge is 2.27. The second-order valence-corrected chi connectivity index (χ2v) is 6.87. The van der Waals surface area contributed by atoms with Gasteiger partial charge in [-0.1, -0.05) is 27.7 Å². The van der Waals surface area contributed by atoms with Crippen LogP contribution >= 0.6 is 0 Å². The van der Waals surface area contributed by atoms with Crippen LogP contribution in [0.1, 0.15) is 67.2 Å². The summed E-state index contributed by atoms with van der Waals surface area (Å²) in [5, 5.41) is 12.8. The van der Waals surface area contributed by atoms with Gasteiger partial charge >= 0.3 is 0 Å². The maximum Gasteiger partial charge on any atom is 0.106 e. The Bertz CT molecular complexity index is 275. The van der Waals surface area contributed by atoms with Crippen molar-refractivity contribution in [3.05, 3.63) is 0 Å². The van der Waals surface area contributed by atoms with E-state index in [2.05, 4.69) is 52.9 Å². The molecule has 0 aromatic carbocycles. The third-order valence-corrected chi connectivity index (χ3v) is 3.27. The summed E-state index contributed by atoms with van der Waals surface area (Å²) in [6, 6.07) is 2.78. The van der Waals surface area contributed by atoms with E-state index in [1.807, 2.05) is 0 Å². The summed E-state index contributed by atoms with van der Waals surface area (Å²) in [4.78, 5) is 0. The van der Waals surface area contributed by atoms with E-state index in [1.54, 1.807) is 0 Å². The molecule has 0 aromatic heterocycles. The molecule has 1 unspecified atom stereocenters. The summed E-state index contributed by atoms with van der Waals surface area (Å²) in [6.07, 6.45) is 3.71. The lowest BCUT2D eigenvalue weighted by molar-refractivity contribution is 0.101. The van der Waals surface area contributed by atoms with Crippen molar-refractivity contribution in [1.82, 2.24) is 5.32 Å². The van der Waals surface area contributed by atoms with Crippen molar-refractivity contribution in [3.8, 4) is 6.07 Å². The quantitative estimate of drug-likeness (QED) is 0.645. The number of nitriles is 1. The summed E-state index contributed by atoms with van der Waals surface area (Å²) in [5.41, 5.74) is -0.0550. The summed E-state index contributed by atoms with van der Waals surface area (Å²) in [5.74, 6) is 0. The molecular weight excluding hydrogens is 236 g/mol. The largest absolute Gasteiger partial charge is 0.381 e. The van der Waals surface area contributed by atoms with E-state index in [9.17, 15) is 5.26 Å². The van der Waals surface area contributed by atoms with Gasteiger partial charge in [-0.15, -0.1) is 0 Å². The average Bonchev–Trinajstić information content (AvgIpc) is 2.30. The molecule has 112 valence electrons. The molecule has 0 fully saturated rings. The first kappa shape index (κ1) is 18.4. The van der Waals surface area contributed by atoms with Crippen molar-refractivity contribution < 1.29 is 4.74 Å². The van der Waals surface area contributed by atoms with Crippen LogP contribution < -0.4 is 5.32 Å². The molecule has 0 aliphatic heterocycles. The highest BCUT2D eigenvalue weighted by atomic mass is 16.5. The lowest BCUT2D eigenvalue weighted by Gasteiger charge is -2.29. The van der Waals surface area contributed by atoms with E-state index in [4.69, 9.17) is 4.74 Å². The van der Waals surface area contributed by atoms with Crippen LogP contribution in [-0.2, 0) is 4.74 Å². The molecule has 1 atom stereocenters. The molecule has 0 saturated carbocycles. The monoisotopic (exact) mass is 268 g/mol. The standard InChI is InChI=1S/C16H32N2O/c1-7-16(13-17,18-14(2)3)9-8-11-19-12-10-15(4,5)6/h14,18H,7-12H2,1-6H3. The maximum absolute atomic E-state index is 9.38. The van der Waals surface area contributed by atoms with Gasteiger partial charge in [0.15, 0.2) is 0 Å². The molecule has 0 aliphatic carbocycles. The molecule has 3 heteroatoms. The predicted octanol–water partition coefficient (Wildman–Crippen LogP) is 3.89. The fraction of sp³-hybridized carbons (Fsp3) is 0.938. The minimum atomic E-state index is -0.387. The van der Waals surface area contributed by atoms with E-state index in [0.29, 0.717) is 11.5 Å². The number of nitrogens with one attached hydrogen (secondary N) is 1. The van der Waals surface area contributed by atoms with Crippen LogP contribution in [-0.4, -0.2) is 24.8 Å². The first-order valence-electron chi connectivity index (χ1n) is 7.51. The van der Waals surface area contributed by atoms with Crippen LogP contribution in [0.15, 0.2) is 0 Å². The third-order valence-electron chi connectivity index (χ3n) is 3.27. The summed E-state index contributed by atoms with van der Waals surface area (Å²) in [6.45, 7) is 14.5. The summed E-state index contributed by atoms with van der Waals surface area (Å²) in [7, 11) is 0. The molecule has 19 heavy (non-hydrogen) atoms. The van der Waals surface area contributed by atoms with Gasteiger partial charge in [0, 0.05) is 19.3 Å². The zero-order chi connectivity index (χ0) is 14.9. The van der Waals surface area contributed by atoms with Gasteiger partial charge in [0.05, 0.1) is 6.07 Å². The van der Waals surface area contributed by atoms with Crippen LogP contribution in [0.3, 0.4) is 0 Å². The van der Waals surface area contributed by atoms with Gasteiger partial charge in [0.1, 0.15) is 5.54 Å². The topological polar surface area (TPSA) is 45.0 Å². The fourth-order valence-corrected chi connectivity index (χ4v) is 2.03. The van der Waals surface area contributed by atoms with E-state index in [0.717, 1.165) is 38.9 Å². The second kappa shape index (κ2) is 8.55. The lowest BCUT2D eigenvalue weighted by Crippen LogP contribution is -2.47. The highest BCUT2D eigenvalue weighted by molar-refractivity contribution is 5.06. The Morgan fingerprint density at radius 2 is 1.79 bits per heavy atom. The van der Waals surface area contributed by atoms with E-state index >= 15 is 0 Å². The van der Waals surface area contributed by atoms with Gasteiger partial charge in [-0.2, -0.15) is 5.26 Å². The van der Waals surface area contributed by atoms with Crippen LogP contribution in [0.4, 0.5) is 0 Å². The van der Waals surface area contributed by atoms with Crippen molar-refractivity contribution in [2.45, 2.75) is 78.8 Å². The van der Waals surface area contributed by atoms with Crippen molar-refractivity contribution in [2.24, 2.45) is 5.41 Å². The second-order valence-electron chi connectivity index (χ2n) is 6.87. The Morgan fingerprint density at radius 3 is 2.21 bits per heavy atom. The molecule has 0 aromatic rings. The average molecular weight is 268 g/mol. The SMILES string of the molecule is CCC(C#N)(CCCOCCC(C)(C)C)NC(C)C. The number of hydrogen-bond donors (Lipinski definition) is 1. The zero-order valence-corrected chi connectivity index (χ0v) is 13.7. The molecule has 0 heterocycles. The smallest absolute Gasteiger partial charge is 0.106 e. The molecule has 0 spiro atoms. The summed E-state index contributed by atoms with van der Waals surface area (Å²) < 4.78 is 5.66. The van der Waals surface area contributed by atoms with E-state index in [1.165, 1.54) is 0 Å². The van der Waals surface area contributed by atoms with Gasteiger partial charge in [-0.25, -0.2) is 0 Å². The first-order chi connectivity index (χ1) is 8.74. The van der Waals surface area contributed by atoms with Crippen LogP contribution in [0, 0.1) is 16.7 Å². The summed E-state index contributed by atoms with van der Waals surface area (Å²) >= 11 is 0. The van der Waals surface area contributed by atoms with Crippen molar-refractivity contribution in [1.29, 1.82) is 5.26 Å². The molecule has 0 rings (SSSR count). The highest BCUT2D eigenvalue weighted by Crippen LogP contribution is 2.19. The zero-order valence-electron chi connectivity index (χ0n) is 13.7. The van der Waals surface area contributed by atoms with Crippen LogP contribution in [0.2, 0.25) is 0 Å². The van der Waals surface area contributed by atoms with Crippen molar-refractivity contribution >= 4 is 0 Å². The Morgan fingerprint density at radius 1 is 1.16 bits per heavy atom. The fourth-order valence-electron chi connectivity index (χ4n) is 2.03. The minimum absolute atomic E-state index is 0.332. The van der Waals surface area contributed by atoms with E-state index < -0.39 is 0 Å². The third kappa shape index (κ3) is 9.02. The van der Waals surface area contributed by atoms with Gasteiger partial charge in [0.2, 0.25) is 0 Å². The van der Waals surface area contributed by atoms with Crippen LogP contribution in [0.5, 0.6) is 0 Å². The normalized spacial score (nSPS) is 15.3. The number of hydrogen-bond acceptors (Lipinski definition) is 3. The Labute approximate surface area is 119 Å². The Balaban J connectivity index is 3.92. The molecule has 0 radical (unpaired) electrons. The first-order valence-corrected chi connectivity index (χ1v) is 7.51.